The molecule has 1 atom stereocenters. The van der Waals surface area contributed by atoms with Crippen LogP contribution in [-0.2, 0) is 10.1 Å². The Morgan fingerprint density at radius 2 is 2.21 bits per heavy atom. The highest BCUT2D eigenvalue weighted by molar-refractivity contribution is 9.09. The highest BCUT2D eigenvalue weighted by Gasteiger charge is 2.16. The number of carbonyl (C=O) groups is 1. The standard InChI is InChI=1S/C10H10Br2O2/c1-6(13)10(12)9-3-2-8(14)4-7(9)5-11/h2-4,10,14H,5H2,1H3. The maximum atomic E-state index is 11.2. The van der Waals surface area contributed by atoms with Crippen LogP contribution in [0.1, 0.15) is 22.9 Å². The minimum atomic E-state index is -0.296. The van der Waals surface area contributed by atoms with Gasteiger partial charge in [0.25, 0.3) is 0 Å². The molecule has 0 aliphatic rings. The predicted molar refractivity (Wildman–Crippen MR) is 63.1 cm³/mol. The highest BCUT2D eigenvalue weighted by atomic mass is 79.9. The highest BCUT2D eigenvalue weighted by Crippen LogP contribution is 2.30. The van der Waals surface area contributed by atoms with Gasteiger partial charge in [0.05, 0.1) is 4.83 Å². The maximum Gasteiger partial charge on any atom is 0.147 e. The van der Waals surface area contributed by atoms with E-state index in [1.807, 2.05) is 0 Å². The van der Waals surface area contributed by atoms with E-state index in [0.717, 1.165) is 11.1 Å². The number of aromatic hydroxyl groups is 1. The monoisotopic (exact) mass is 320 g/mol. The third-order valence-corrected chi connectivity index (χ3v) is 3.64. The molecule has 0 saturated heterocycles. The number of carbonyl (C=O) groups excluding carboxylic acids is 1. The third kappa shape index (κ3) is 2.58. The molecule has 0 bridgehead atoms. The molecule has 1 aromatic rings. The zero-order valence-corrected chi connectivity index (χ0v) is 10.8. The maximum absolute atomic E-state index is 11.2. The molecule has 0 fully saturated rings. The van der Waals surface area contributed by atoms with Gasteiger partial charge >= 0.3 is 0 Å². The van der Waals surface area contributed by atoms with Crippen LogP contribution < -0.4 is 0 Å². The molecule has 1 unspecified atom stereocenters. The first kappa shape index (κ1) is 11.7. The Morgan fingerprint density at radius 3 is 2.71 bits per heavy atom. The number of benzene rings is 1. The van der Waals surface area contributed by atoms with E-state index < -0.39 is 0 Å². The molecule has 0 aliphatic carbocycles. The van der Waals surface area contributed by atoms with E-state index in [0.29, 0.717) is 5.33 Å². The lowest BCUT2D eigenvalue weighted by molar-refractivity contribution is -0.116. The number of alkyl halides is 2. The van der Waals surface area contributed by atoms with E-state index in [2.05, 4.69) is 31.9 Å². The van der Waals surface area contributed by atoms with Crippen molar-refractivity contribution in [3.05, 3.63) is 29.3 Å². The molecule has 2 nitrogen and oxygen atoms in total. The molecular formula is C10H10Br2O2. The second-order valence-corrected chi connectivity index (χ2v) is 4.47. The summed E-state index contributed by atoms with van der Waals surface area (Å²) in [5, 5.41) is 9.89. The van der Waals surface area contributed by atoms with Crippen molar-refractivity contribution in [2.45, 2.75) is 17.1 Å². The minimum absolute atomic E-state index is 0.0536. The van der Waals surface area contributed by atoms with Gasteiger partial charge in [-0.3, -0.25) is 4.79 Å². The molecule has 1 N–H and O–H groups in total. The van der Waals surface area contributed by atoms with Gasteiger partial charge in [-0.05, 0) is 30.2 Å². The molecule has 4 heteroatoms. The van der Waals surface area contributed by atoms with Crippen LogP contribution in [-0.4, -0.2) is 10.9 Å². The van der Waals surface area contributed by atoms with Crippen LogP contribution in [0.5, 0.6) is 5.75 Å². The van der Waals surface area contributed by atoms with Gasteiger partial charge in [0, 0.05) is 5.33 Å². The summed E-state index contributed by atoms with van der Waals surface area (Å²) in [7, 11) is 0. The Morgan fingerprint density at radius 1 is 1.57 bits per heavy atom. The summed E-state index contributed by atoms with van der Waals surface area (Å²) in [6.45, 7) is 1.53. The van der Waals surface area contributed by atoms with Crippen molar-refractivity contribution >= 4 is 37.6 Å². The van der Waals surface area contributed by atoms with Crippen LogP contribution in [0.25, 0.3) is 0 Å². The summed E-state index contributed by atoms with van der Waals surface area (Å²) in [6, 6.07) is 4.99. The van der Waals surface area contributed by atoms with Crippen molar-refractivity contribution in [3.63, 3.8) is 0 Å². The van der Waals surface area contributed by atoms with Crippen LogP contribution in [0.3, 0.4) is 0 Å². The number of Topliss-reactive ketones (excluding diaryl/α,β-unsaturated/α-hetero) is 1. The van der Waals surface area contributed by atoms with Crippen molar-refractivity contribution in [2.75, 3.05) is 0 Å². The lowest BCUT2D eigenvalue weighted by atomic mass is 10.0. The van der Waals surface area contributed by atoms with E-state index >= 15 is 0 Å². The molecule has 0 aliphatic heterocycles. The minimum Gasteiger partial charge on any atom is -0.508 e. The van der Waals surface area contributed by atoms with Crippen molar-refractivity contribution in [3.8, 4) is 5.75 Å². The Labute approximate surface area is 99.6 Å². The van der Waals surface area contributed by atoms with E-state index in [1.165, 1.54) is 6.92 Å². The number of hydrogen-bond acceptors (Lipinski definition) is 2. The van der Waals surface area contributed by atoms with Gasteiger partial charge < -0.3 is 5.11 Å². The first-order valence-corrected chi connectivity index (χ1v) is 6.12. The van der Waals surface area contributed by atoms with Gasteiger partial charge in [-0.25, -0.2) is 0 Å². The number of ketones is 1. The molecule has 0 aromatic heterocycles. The molecule has 76 valence electrons. The fraction of sp³-hybridized carbons (Fsp3) is 0.300. The molecule has 1 rings (SSSR count). The molecule has 0 saturated carbocycles. The van der Waals surface area contributed by atoms with Gasteiger partial charge in [-0.15, -0.1) is 0 Å². The Kier molecular flexibility index (Phi) is 4.13. The molecule has 0 amide bonds. The van der Waals surface area contributed by atoms with E-state index in [-0.39, 0.29) is 16.4 Å². The smallest absolute Gasteiger partial charge is 0.147 e. The quantitative estimate of drug-likeness (QED) is 0.867. The Hall–Kier alpha value is -0.350. The van der Waals surface area contributed by atoms with Gasteiger partial charge in [-0.2, -0.15) is 0 Å². The number of hydrogen-bond donors (Lipinski definition) is 1. The largest absolute Gasteiger partial charge is 0.508 e. The fourth-order valence-corrected chi connectivity index (χ4v) is 2.11. The van der Waals surface area contributed by atoms with Crippen molar-refractivity contribution in [1.29, 1.82) is 0 Å². The van der Waals surface area contributed by atoms with E-state index in [1.54, 1.807) is 18.2 Å². The molecule has 1 aromatic carbocycles. The second kappa shape index (κ2) is 4.94. The Balaban J connectivity index is 3.13. The van der Waals surface area contributed by atoms with Crippen molar-refractivity contribution in [2.24, 2.45) is 0 Å². The number of phenols is 1. The first-order valence-electron chi connectivity index (χ1n) is 4.08. The topological polar surface area (TPSA) is 37.3 Å². The average molecular weight is 322 g/mol. The lowest BCUT2D eigenvalue weighted by Gasteiger charge is -2.11. The van der Waals surface area contributed by atoms with Crippen LogP contribution in [0.15, 0.2) is 18.2 Å². The zero-order valence-electron chi connectivity index (χ0n) is 7.63. The predicted octanol–water partition coefficient (Wildman–Crippen LogP) is 3.31. The van der Waals surface area contributed by atoms with Gasteiger partial charge in [0.1, 0.15) is 11.5 Å². The van der Waals surface area contributed by atoms with Crippen molar-refractivity contribution in [1.82, 2.24) is 0 Å². The van der Waals surface area contributed by atoms with Gasteiger partial charge in [0.15, 0.2) is 0 Å². The molecule has 0 radical (unpaired) electrons. The van der Waals surface area contributed by atoms with E-state index in [4.69, 9.17) is 0 Å². The average Bonchev–Trinajstić information content (AvgIpc) is 2.16. The Bertz CT molecular complexity index is 350. The molecule has 0 heterocycles. The summed E-state index contributed by atoms with van der Waals surface area (Å²) in [4.78, 5) is 10.9. The molecule has 0 spiro atoms. The van der Waals surface area contributed by atoms with Crippen molar-refractivity contribution < 1.29 is 9.90 Å². The molecular weight excluding hydrogens is 312 g/mol. The second-order valence-electron chi connectivity index (χ2n) is 2.99. The number of rotatable bonds is 3. The summed E-state index contributed by atoms with van der Waals surface area (Å²) >= 11 is 6.63. The van der Waals surface area contributed by atoms with Gasteiger partial charge in [0.2, 0.25) is 0 Å². The number of halogens is 2. The van der Waals surface area contributed by atoms with Crippen LogP contribution >= 0.6 is 31.9 Å². The fourth-order valence-electron chi connectivity index (χ4n) is 1.17. The summed E-state index contributed by atoms with van der Waals surface area (Å²) in [6.07, 6.45) is 0. The van der Waals surface area contributed by atoms with Gasteiger partial charge in [-0.1, -0.05) is 37.9 Å². The van der Waals surface area contributed by atoms with Crippen LogP contribution in [0.2, 0.25) is 0 Å². The number of phenolic OH excluding ortho intramolecular Hbond substituents is 1. The summed E-state index contributed by atoms with van der Waals surface area (Å²) in [5.74, 6) is 0.268. The van der Waals surface area contributed by atoms with E-state index in [9.17, 15) is 9.90 Å². The SMILES string of the molecule is CC(=O)C(Br)c1ccc(O)cc1CBr. The summed E-state index contributed by atoms with van der Waals surface area (Å²) < 4.78 is 0. The molecule has 14 heavy (non-hydrogen) atoms. The normalized spacial score (nSPS) is 12.5. The summed E-state index contributed by atoms with van der Waals surface area (Å²) in [5.41, 5.74) is 1.81. The van der Waals surface area contributed by atoms with Crippen LogP contribution in [0, 0.1) is 0 Å². The first-order chi connectivity index (χ1) is 6.56. The zero-order chi connectivity index (χ0) is 10.7. The van der Waals surface area contributed by atoms with Crippen LogP contribution in [0.4, 0.5) is 0 Å². The lowest BCUT2D eigenvalue weighted by Crippen LogP contribution is -2.03. The third-order valence-electron chi connectivity index (χ3n) is 1.90.